The first-order valence-electron chi connectivity index (χ1n) is 9.12. The van der Waals surface area contributed by atoms with Crippen molar-refractivity contribution in [2.75, 3.05) is 10.6 Å². The van der Waals surface area contributed by atoms with Gasteiger partial charge in [0.15, 0.2) is 0 Å². The molecule has 8 heteroatoms. The fourth-order valence-electron chi connectivity index (χ4n) is 2.87. The van der Waals surface area contributed by atoms with Gasteiger partial charge in [-0.2, -0.15) is 10.1 Å². The average Bonchev–Trinajstić information content (AvgIpc) is 3.10. The molecule has 0 saturated carbocycles. The summed E-state index contributed by atoms with van der Waals surface area (Å²) < 4.78 is 1.83. The number of hydrogen-bond donors (Lipinski definition) is 3. The number of aryl methyl sites for hydroxylation is 2. The molecule has 2 heterocycles. The van der Waals surface area contributed by atoms with Crippen LogP contribution in [0.5, 0.6) is 0 Å². The van der Waals surface area contributed by atoms with Crippen LogP contribution in [0.25, 0.3) is 0 Å². The number of nitrogens with one attached hydrogen (secondary N) is 2. The van der Waals surface area contributed by atoms with Crippen LogP contribution in [0, 0.1) is 13.8 Å². The minimum Gasteiger partial charge on any atom is -0.365 e. The maximum atomic E-state index is 11.8. The normalized spacial score (nSPS) is 10.9. The lowest BCUT2D eigenvalue weighted by Crippen LogP contribution is -2.17. The predicted octanol–water partition coefficient (Wildman–Crippen LogP) is 3.33. The molecule has 0 bridgehead atoms. The molecule has 0 radical (unpaired) electrons. The smallest absolute Gasteiger partial charge is 0.254 e. The van der Waals surface area contributed by atoms with Gasteiger partial charge in [0.1, 0.15) is 5.82 Å². The van der Waals surface area contributed by atoms with E-state index in [4.69, 9.17) is 5.73 Å². The molecule has 0 aliphatic heterocycles. The van der Waals surface area contributed by atoms with E-state index in [0.29, 0.717) is 18.3 Å². The predicted molar refractivity (Wildman–Crippen MR) is 110 cm³/mol. The van der Waals surface area contributed by atoms with Crippen molar-refractivity contribution in [1.82, 2.24) is 19.7 Å². The minimum absolute atomic E-state index is 0.245. The Morgan fingerprint density at radius 2 is 1.93 bits per heavy atom. The van der Waals surface area contributed by atoms with Crippen LogP contribution in [-0.4, -0.2) is 25.7 Å². The zero-order valence-electron chi connectivity index (χ0n) is 16.5. The Balaban J connectivity index is 1.84. The van der Waals surface area contributed by atoms with Crippen molar-refractivity contribution in [3.05, 3.63) is 59.0 Å². The lowest BCUT2D eigenvalue weighted by molar-refractivity contribution is 0.100. The molecule has 0 spiro atoms. The Kier molecular flexibility index (Phi) is 5.58. The Hall–Kier alpha value is -3.42. The van der Waals surface area contributed by atoms with Crippen molar-refractivity contribution < 1.29 is 4.79 Å². The second-order valence-electron chi connectivity index (χ2n) is 6.97. The summed E-state index contributed by atoms with van der Waals surface area (Å²) in [6.07, 6.45) is 5.01. The van der Waals surface area contributed by atoms with Crippen molar-refractivity contribution in [2.24, 2.45) is 5.73 Å². The van der Waals surface area contributed by atoms with E-state index < -0.39 is 5.91 Å². The van der Waals surface area contributed by atoms with E-state index in [1.165, 1.54) is 17.3 Å². The minimum atomic E-state index is -0.580. The first-order valence-corrected chi connectivity index (χ1v) is 9.12. The van der Waals surface area contributed by atoms with E-state index in [1.807, 2.05) is 30.8 Å². The molecule has 1 amide bonds. The lowest BCUT2D eigenvalue weighted by atomic mass is 10.0. The summed E-state index contributed by atoms with van der Waals surface area (Å²) in [4.78, 5) is 20.4. The number of hydrogen-bond acceptors (Lipinski definition) is 6. The molecule has 1 aromatic carbocycles. The number of carbonyl (C=O) groups excluding carboxylic acids is 1. The number of aromatic nitrogens is 4. The number of benzene rings is 1. The third kappa shape index (κ3) is 4.28. The zero-order valence-corrected chi connectivity index (χ0v) is 16.5. The zero-order chi connectivity index (χ0) is 20.3. The van der Waals surface area contributed by atoms with E-state index in [1.54, 1.807) is 6.20 Å². The van der Waals surface area contributed by atoms with Crippen molar-refractivity contribution in [3.63, 3.8) is 0 Å². The first-order chi connectivity index (χ1) is 13.3. The van der Waals surface area contributed by atoms with Gasteiger partial charge in [0, 0.05) is 25.0 Å². The van der Waals surface area contributed by atoms with E-state index >= 15 is 0 Å². The van der Waals surface area contributed by atoms with Crippen molar-refractivity contribution >= 4 is 23.4 Å². The van der Waals surface area contributed by atoms with Gasteiger partial charge in [0.05, 0.1) is 17.4 Å². The van der Waals surface area contributed by atoms with Gasteiger partial charge in [-0.25, -0.2) is 4.98 Å². The number of nitrogens with two attached hydrogens (primary N) is 1. The highest BCUT2D eigenvalue weighted by atomic mass is 16.1. The van der Waals surface area contributed by atoms with Crippen LogP contribution in [0.3, 0.4) is 0 Å². The summed E-state index contributed by atoms with van der Waals surface area (Å²) in [7, 11) is 0. The van der Waals surface area contributed by atoms with Crippen molar-refractivity contribution in [3.8, 4) is 0 Å². The molecule has 3 rings (SSSR count). The summed E-state index contributed by atoms with van der Waals surface area (Å²) in [6.45, 7) is 8.73. The van der Waals surface area contributed by atoms with Gasteiger partial charge >= 0.3 is 0 Å². The SMILES string of the molecule is Cc1cccc(C)c1CNc1nc(Nc2cnn(C(C)C)c2)ncc1C(N)=O. The molecule has 8 nitrogen and oxygen atoms in total. The summed E-state index contributed by atoms with van der Waals surface area (Å²) >= 11 is 0. The van der Waals surface area contributed by atoms with E-state index in [9.17, 15) is 4.79 Å². The van der Waals surface area contributed by atoms with Crippen molar-refractivity contribution in [2.45, 2.75) is 40.3 Å². The first kappa shape index (κ1) is 19.3. The standard InChI is InChI=1S/C20H25N7O/c1-12(2)27-11-15(8-24-27)25-20-23-10-17(18(21)28)19(26-20)22-9-16-13(3)6-5-7-14(16)4/h5-8,10-12H,9H2,1-4H3,(H2,21,28)(H2,22,23,25,26). The maximum Gasteiger partial charge on any atom is 0.254 e. The third-order valence-electron chi connectivity index (χ3n) is 4.52. The number of amides is 1. The van der Waals surface area contributed by atoms with Gasteiger partial charge in [0.25, 0.3) is 5.91 Å². The van der Waals surface area contributed by atoms with E-state index in [2.05, 4.69) is 51.7 Å². The van der Waals surface area contributed by atoms with Crippen LogP contribution < -0.4 is 16.4 Å². The highest BCUT2D eigenvalue weighted by Gasteiger charge is 2.14. The lowest BCUT2D eigenvalue weighted by Gasteiger charge is -2.14. The Morgan fingerprint density at radius 3 is 2.54 bits per heavy atom. The summed E-state index contributed by atoms with van der Waals surface area (Å²) in [6, 6.07) is 6.38. The molecule has 0 unspecified atom stereocenters. The number of nitrogens with zero attached hydrogens (tertiary/aromatic N) is 4. The monoisotopic (exact) mass is 379 g/mol. The van der Waals surface area contributed by atoms with Crippen LogP contribution >= 0.6 is 0 Å². The van der Waals surface area contributed by atoms with Crippen LogP contribution in [0.4, 0.5) is 17.5 Å². The van der Waals surface area contributed by atoms with Gasteiger partial charge in [0.2, 0.25) is 5.95 Å². The molecular formula is C20H25N7O. The van der Waals surface area contributed by atoms with Crippen LogP contribution in [0.2, 0.25) is 0 Å². The molecule has 0 aliphatic rings. The largest absolute Gasteiger partial charge is 0.365 e. The molecule has 28 heavy (non-hydrogen) atoms. The van der Waals surface area contributed by atoms with Crippen LogP contribution in [0.1, 0.15) is 46.9 Å². The van der Waals surface area contributed by atoms with E-state index in [0.717, 1.165) is 11.3 Å². The van der Waals surface area contributed by atoms with Gasteiger partial charge in [-0.3, -0.25) is 9.48 Å². The summed E-state index contributed by atoms with van der Waals surface area (Å²) in [5.74, 6) is 0.171. The van der Waals surface area contributed by atoms with Crippen molar-refractivity contribution in [1.29, 1.82) is 0 Å². The molecule has 0 saturated heterocycles. The van der Waals surface area contributed by atoms with Gasteiger partial charge in [-0.15, -0.1) is 0 Å². The fraction of sp³-hybridized carbons (Fsp3) is 0.300. The third-order valence-corrected chi connectivity index (χ3v) is 4.52. The molecule has 146 valence electrons. The number of primary amides is 1. The molecule has 0 aliphatic carbocycles. The molecule has 3 aromatic rings. The Bertz CT molecular complexity index is 974. The Morgan fingerprint density at radius 1 is 1.21 bits per heavy atom. The summed E-state index contributed by atoms with van der Waals surface area (Å²) in [5, 5.41) is 10.6. The summed E-state index contributed by atoms with van der Waals surface area (Å²) in [5.41, 5.74) is 9.99. The van der Waals surface area contributed by atoms with Gasteiger partial charge < -0.3 is 16.4 Å². The molecule has 0 fully saturated rings. The maximum absolute atomic E-state index is 11.8. The fourth-order valence-corrected chi connectivity index (χ4v) is 2.87. The van der Waals surface area contributed by atoms with E-state index in [-0.39, 0.29) is 11.6 Å². The number of rotatable bonds is 7. The average molecular weight is 379 g/mol. The highest BCUT2D eigenvalue weighted by Crippen LogP contribution is 2.20. The van der Waals surface area contributed by atoms with Gasteiger partial charge in [-0.1, -0.05) is 18.2 Å². The molecule has 0 atom stereocenters. The second kappa shape index (κ2) is 8.08. The number of carbonyl (C=O) groups is 1. The van der Waals surface area contributed by atoms with Crippen LogP contribution in [0.15, 0.2) is 36.8 Å². The topological polar surface area (TPSA) is 111 Å². The molecular weight excluding hydrogens is 354 g/mol. The number of anilines is 3. The second-order valence-corrected chi connectivity index (χ2v) is 6.97. The highest BCUT2D eigenvalue weighted by molar-refractivity contribution is 5.97. The van der Waals surface area contributed by atoms with Gasteiger partial charge in [-0.05, 0) is 44.4 Å². The quantitative estimate of drug-likeness (QED) is 0.581. The molecule has 2 aromatic heterocycles. The molecule has 4 N–H and O–H groups in total. The Labute approximate surface area is 164 Å². The van der Waals surface area contributed by atoms with Crippen LogP contribution in [-0.2, 0) is 6.54 Å².